The average Bonchev–Trinajstić information content (AvgIpc) is 2.83. The molecule has 0 saturated heterocycles. The van der Waals surface area contributed by atoms with E-state index >= 15 is 0 Å². The monoisotopic (exact) mass is 348 g/mol. The number of carbonyl (C=O) groups is 1. The molecule has 2 saturated carbocycles. The summed E-state index contributed by atoms with van der Waals surface area (Å²) in [6, 6.07) is 2.10. The van der Waals surface area contributed by atoms with Crippen LogP contribution in [0.1, 0.15) is 82.4 Å². The summed E-state index contributed by atoms with van der Waals surface area (Å²) in [7, 11) is 0. The number of rotatable bonds is 4. The van der Waals surface area contributed by atoms with Gasteiger partial charge in [-0.1, -0.05) is 44.9 Å². The molecule has 6 heteroatoms. The van der Waals surface area contributed by atoms with Gasteiger partial charge >= 0.3 is 6.03 Å². The fourth-order valence-corrected chi connectivity index (χ4v) is 4.21. The normalized spacial score (nSPS) is 21.5. The Balaban J connectivity index is 1.52. The van der Waals surface area contributed by atoms with Gasteiger partial charge in [-0.15, -0.1) is 0 Å². The smallest absolute Gasteiger partial charge is 0.320 e. The summed E-state index contributed by atoms with van der Waals surface area (Å²) >= 11 is 0. The van der Waals surface area contributed by atoms with Crippen LogP contribution < -0.4 is 10.6 Å². The number of nitrogens with zero attached hydrogens (tertiary/aromatic N) is 2. The van der Waals surface area contributed by atoms with Gasteiger partial charge in [0.05, 0.1) is 11.6 Å². The van der Waals surface area contributed by atoms with Crippen LogP contribution in [0.25, 0.3) is 0 Å². The van der Waals surface area contributed by atoms with Crippen LogP contribution in [0.15, 0.2) is 6.07 Å². The number of aliphatic hydroxyl groups is 1. The molecule has 3 rings (SSSR count). The third kappa shape index (κ3) is 4.97. The molecule has 0 radical (unpaired) electrons. The molecule has 0 spiro atoms. The van der Waals surface area contributed by atoms with Crippen LogP contribution in [0.3, 0.4) is 0 Å². The molecule has 1 aromatic rings. The van der Waals surface area contributed by atoms with Crippen LogP contribution >= 0.6 is 0 Å². The molecule has 2 aliphatic rings. The van der Waals surface area contributed by atoms with E-state index in [0.717, 1.165) is 31.4 Å². The zero-order valence-electron chi connectivity index (χ0n) is 15.4. The minimum atomic E-state index is -0.759. The molecule has 0 aromatic carbocycles. The summed E-state index contributed by atoms with van der Waals surface area (Å²) in [6.45, 7) is 2.35. The summed E-state index contributed by atoms with van der Waals surface area (Å²) in [5.74, 6) is 0.591. The SMILES string of the molecule is Cc1cc(NC(=O)NCC2(O)CCCCCC2)nn1C1CCCCC1. The van der Waals surface area contributed by atoms with Crippen LogP contribution in [0.5, 0.6) is 0 Å². The number of aryl methyl sites for hydroxylation is 1. The Bertz CT molecular complexity index is 570. The fraction of sp³-hybridized carbons (Fsp3) is 0.789. The number of nitrogens with one attached hydrogen (secondary N) is 2. The Morgan fingerprint density at radius 1 is 1.20 bits per heavy atom. The van der Waals surface area contributed by atoms with E-state index < -0.39 is 5.60 Å². The zero-order chi connectivity index (χ0) is 17.7. The first-order chi connectivity index (χ1) is 12.1. The zero-order valence-corrected chi connectivity index (χ0v) is 15.4. The van der Waals surface area contributed by atoms with Crippen molar-refractivity contribution in [2.24, 2.45) is 0 Å². The summed E-state index contributed by atoms with van der Waals surface area (Å²) in [5, 5.41) is 20.9. The fourth-order valence-electron chi connectivity index (χ4n) is 4.21. The second-order valence-electron chi connectivity index (χ2n) is 7.85. The van der Waals surface area contributed by atoms with E-state index in [-0.39, 0.29) is 6.03 Å². The van der Waals surface area contributed by atoms with Gasteiger partial charge in [-0.25, -0.2) is 4.79 Å². The van der Waals surface area contributed by atoms with Gasteiger partial charge in [-0.3, -0.25) is 10.00 Å². The van der Waals surface area contributed by atoms with E-state index in [9.17, 15) is 9.90 Å². The Kier molecular flexibility index (Phi) is 5.99. The minimum absolute atomic E-state index is 0.286. The number of amides is 2. The van der Waals surface area contributed by atoms with Gasteiger partial charge in [0.2, 0.25) is 0 Å². The van der Waals surface area contributed by atoms with Crippen molar-refractivity contribution >= 4 is 11.8 Å². The van der Waals surface area contributed by atoms with Crippen molar-refractivity contribution in [3.8, 4) is 0 Å². The maximum absolute atomic E-state index is 12.2. The Labute approximate surface area is 150 Å². The second kappa shape index (κ2) is 8.21. The molecule has 0 unspecified atom stereocenters. The molecule has 0 bridgehead atoms. The molecule has 6 nitrogen and oxygen atoms in total. The van der Waals surface area contributed by atoms with Crippen LogP contribution in [0.2, 0.25) is 0 Å². The molecule has 3 N–H and O–H groups in total. The van der Waals surface area contributed by atoms with Crippen molar-refractivity contribution in [3.05, 3.63) is 11.8 Å². The third-order valence-electron chi connectivity index (χ3n) is 5.70. The minimum Gasteiger partial charge on any atom is -0.388 e. The largest absolute Gasteiger partial charge is 0.388 e. The van der Waals surface area contributed by atoms with Crippen molar-refractivity contribution < 1.29 is 9.90 Å². The number of carbonyl (C=O) groups excluding carboxylic acids is 1. The topological polar surface area (TPSA) is 79.2 Å². The van der Waals surface area contributed by atoms with Crippen molar-refractivity contribution in [3.63, 3.8) is 0 Å². The van der Waals surface area contributed by atoms with E-state index in [1.54, 1.807) is 0 Å². The highest BCUT2D eigenvalue weighted by molar-refractivity contribution is 5.88. The van der Waals surface area contributed by atoms with Gasteiger partial charge in [0.25, 0.3) is 0 Å². The maximum atomic E-state index is 12.2. The molecule has 1 aromatic heterocycles. The van der Waals surface area contributed by atoms with Crippen molar-refractivity contribution in [1.82, 2.24) is 15.1 Å². The lowest BCUT2D eigenvalue weighted by Crippen LogP contribution is -2.44. The number of hydrogen-bond donors (Lipinski definition) is 3. The highest BCUT2D eigenvalue weighted by Gasteiger charge is 2.28. The van der Waals surface area contributed by atoms with Crippen LogP contribution in [-0.4, -0.2) is 33.1 Å². The molecular formula is C19H32N4O2. The Morgan fingerprint density at radius 3 is 2.52 bits per heavy atom. The van der Waals surface area contributed by atoms with Crippen molar-refractivity contribution in [2.75, 3.05) is 11.9 Å². The lowest BCUT2D eigenvalue weighted by Gasteiger charge is -2.26. The predicted molar refractivity (Wildman–Crippen MR) is 98.8 cm³/mol. The lowest BCUT2D eigenvalue weighted by atomic mass is 9.95. The standard InChI is InChI=1S/C19H32N4O2/c1-15-13-17(22-23(15)16-9-5-4-6-10-16)21-18(24)20-14-19(25)11-7-2-3-8-12-19/h13,16,25H,2-12,14H2,1H3,(H2,20,21,22,24). The van der Waals surface area contributed by atoms with Crippen LogP contribution in [0, 0.1) is 6.92 Å². The number of hydrogen-bond acceptors (Lipinski definition) is 3. The molecule has 0 aliphatic heterocycles. The van der Waals surface area contributed by atoms with Crippen molar-refractivity contribution in [2.45, 2.75) is 89.2 Å². The first kappa shape index (κ1) is 18.2. The summed E-state index contributed by atoms with van der Waals surface area (Å²) in [4.78, 5) is 12.2. The lowest BCUT2D eigenvalue weighted by molar-refractivity contribution is 0.0281. The van der Waals surface area contributed by atoms with E-state index in [1.807, 2.05) is 13.0 Å². The maximum Gasteiger partial charge on any atom is 0.320 e. The van der Waals surface area contributed by atoms with Crippen molar-refractivity contribution in [1.29, 1.82) is 0 Å². The molecular weight excluding hydrogens is 316 g/mol. The number of aromatic nitrogens is 2. The quantitative estimate of drug-likeness (QED) is 0.722. The Hall–Kier alpha value is -1.56. The van der Waals surface area contributed by atoms with E-state index in [4.69, 9.17) is 0 Å². The number of urea groups is 1. The summed E-state index contributed by atoms with van der Waals surface area (Å²) in [5.41, 5.74) is 0.329. The van der Waals surface area contributed by atoms with Gasteiger partial charge in [-0.2, -0.15) is 5.10 Å². The second-order valence-corrected chi connectivity index (χ2v) is 7.85. The van der Waals surface area contributed by atoms with Gasteiger partial charge in [0.15, 0.2) is 5.82 Å². The highest BCUT2D eigenvalue weighted by atomic mass is 16.3. The summed E-state index contributed by atoms with van der Waals surface area (Å²) < 4.78 is 2.06. The average molecular weight is 348 g/mol. The summed E-state index contributed by atoms with van der Waals surface area (Å²) in [6.07, 6.45) is 12.1. The third-order valence-corrected chi connectivity index (χ3v) is 5.70. The molecule has 2 aliphatic carbocycles. The van der Waals surface area contributed by atoms with E-state index in [2.05, 4.69) is 20.4 Å². The molecule has 2 amide bonds. The predicted octanol–water partition coefficient (Wildman–Crippen LogP) is 3.90. The number of anilines is 1. The van der Waals surface area contributed by atoms with Gasteiger partial charge in [0, 0.05) is 18.3 Å². The van der Waals surface area contributed by atoms with E-state index in [0.29, 0.717) is 18.4 Å². The first-order valence-corrected chi connectivity index (χ1v) is 9.89. The van der Waals surface area contributed by atoms with Gasteiger partial charge < -0.3 is 10.4 Å². The molecule has 2 fully saturated rings. The van der Waals surface area contributed by atoms with Crippen LogP contribution in [0.4, 0.5) is 10.6 Å². The van der Waals surface area contributed by atoms with Gasteiger partial charge in [-0.05, 0) is 32.6 Å². The molecule has 1 heterocycles. The molecule has 140 valence electrons. The van der Waals surface area contributed by atoms with Crippen LogP contribution in [-0.2, 0) is 0 Å². The molecule has 25 heavy (non-hydrogen) atoms. The van der Waals surface area contributed by atoms with Gasteiger partial charge in [0.1, 0.15) is 0 Å². The van der Waals surface area contributed by atoms with E-state index in [1.165, 1.54) is 44.9 Å². The Morgan fingerprint density at radius 2 is 1.84 bits per heavy atom. The molecule has 0 atom stereocenters. The first-order valence-electron chi connectivity index (χ1n) is 9.89. The highest BCUT2D eigenvalue weighted by Crippen LogP contribution is 2.29.